The monoisotopic (exact) mass is 413 g/mol. The van der Waals surface area contributed by atoms with Gasteiger partial charge in [-0.3, -0.25) is 0 Å². The van der Waals surface area contributed by atoms with Gasteiger partial charge in [0.05, 0.1) is 36.0 Å². The van der Waals surface area contributed by atoms with Crippen LogP contribution in [0.3, 0.4) is 0 Å². The first-order valence-electron chi connectivity index (χ1n) is 10.3. The minimum absolute atomic E-state index is 0.761. The summed E-state index contributed by atoms with van der Waals surface area (Å²) in [7, 11) is 3.36. The third-order valence-electron chi connectivity index (χ3n) is 5.44. The molecule has 0 aliphatic heterocycles. The molecule has 0 amide bonds. The van der Waals surface area contributed by atoms with Gasteiger partial charge in [0.15, 0.2) is 0 Å². The fourth-order valence-electron chi connectivity index (χ4n) is 4.12. The first kappa shape index (κ1) is 20.7. The van der Waals surface area contributed by atoms with Crippen molar-refractivity contribution in [1.82, 2.24) is 0 Å². The number of hydrogen-bond acceptors (Lipinski definition) is 4. The number of ether oxygens (including phenoxy) is 2. The highest BCUT2D eigenvalue weighted by Gasteiger charge is 2.15. The fourth-order valence-corrected chi connectivity index (χ4v) is 4.12. The summed E-state index contributed by atoms with van der Waals surface area (Å²) >= 11 is 0. The zero-order chi connectivity index (χ0) is 22.1. The Bertz CT molecular complexity index is 1310. The molecule has 0 radical (unpaired) electrons. The van der Waals surface area contributed by atoms with Gasteiger partial charge in [0.1, 0.15) is 23.0 Å². The predicted molar refractivity (Wildman–Crippen MR) is 125 cm³/mol. The van der Waals surface area contributed by atoms with Crippen LogP contribution in [0.15, 0.2) is 64.0 Å². The SMILES string of the molecule is COc1ccc(-c2cc(OC)c3c(C)oc(C)c3c(=Nc3cc(C)cc(C)c3)c2)cc1. The maximum atomic E-state index is 5.99. The van der Waals surface area contributed by atoms with Gasteiger partial charge in [-0.25, -0.2) is 4.99 Å². The van der Waals surface area contributed by atoms with Gasteiger partial charge in [0.2, 0.25) is 0 Å². The van der Waals surface area contributed by atoms with E-state index < -0.39 is 0 Å². The molecular formula is C27H27NO3. The number of aryl methyl sites for hydroxylation is 4. The summed E-state index contributed by atoms with van der Waals surface area (Å²) in [4.78, 5) is 5.06. The summed E-state index contributed by atoms with van der Waals surface area (Å²) in [5, 5.41) is 2.76. The number of hydrogen-bond donors (Lipinski definition) is 0. The second-order valence-corrected chi connectivity index (χ2v) is 7.85. The summed E-state index contributed by atoms with van der Waals surface area (Å²) in [6.45, 7) is 8.12. The van der Waals surface area contributed by atoms with Crippen molar-refractivity contribution in [2.75, 3.05) is 14.2 Å². The zero-order valence-corrected chi connectivity index (χ0v) is 18.9. The number of methoxy groups -OCH3 is 2. The molecule has 4 aromatic rings. The van der Waals surface area contributed by atoms with Gasteiger partial charge in [-0.1, -0.05) is 18.2 Å². The Morgan fingerprint density at radius 3 is 1.94 bits per heavy atom. The van der Waals surface area contributed by atoms with Crippen LogP contribution in [0.4, 0.5) is 5.69 Å². The van der Waals surface area contributed by atoms with Crippen LogP contribution in [0.5, 0.6) is 11.5 Å². The molecule has 0 fully saturated rings. The normalized spacial score (nSPS) is 11.7. The molecular weight excluding hydrogens is 386 g/mol. The van der Waals surface area contributed by atoms with Crippen LogP contribution in [0.1, 0.15) is 22.6 Å². The van der Waals surface area contributed by atoms with E-state index in [0.717, 1.165) is 56.0 Å². The van der Waals surface area contributed by atoms with Crippen LogP contribution < -0.4 is 14.8 Å². The van der Waals surface area contributed by atoms with E-state index in [9.17, 15) is 0 Å². The quantitative estimate of drug-likeness (QED) is 0.379. The van der Waals surface area contributed by atoms with E-state index >= 15 is 0 Å². The van der Waals surface area contributed by atoms with E-state index in [1.165, 1.54) is 11.1 Å². The summed E-state index contributed by atoms with van der Waals surface area (Å²) in [6, 6.07) is 18.5. The molecule has 3 aromatic carbocycles. The van der Waals surface area contributed by atoms with Gasteiger partial charge in [0, 0.05) is 0 Å². The minimum Gasteiger partial charge on any atom is -0.497 e. The van der Waals surface area contributed by atoms with E-state index in [1.54, 1.807) is 14.2 Å². The fraction of sp³-hybridized carbons (Fsp3) is 0.222. The molecule has 0 aliphatic rings. The lowest BCUT2D eigenvalue weighted by Gasteiger charge is -2.04. The van der Waals surface area contributed by atoms with Crippen molar-refractivity contribution in [3.63, 3.8) is 0 Å². The van der Waals surface area contributed by atoms with Crippen molar-refractivity contribution in [1.29, 1.82) is 0 Å². The van der Waals surface area contributed by atoms with Crippen molar-refractivity contribution in [2.45, 2.75) is 27.7 Å². The molecule has 0 bridgehead atoms. The highest BCUT2D eigenvalue weighted by Crippen LogP contribution is 2.34. The molecule has 0 atom stereocenters. The molecule has 0 aliphatic carbocycles. The summed E-state index contributed by atoms with van der Waals surface area (Å²) in [5.41, 5.74) is 5.35. The Morgan fingerprint density at radius 2 is 1.32 bits per heavy atom. The van der Waals surface area contributed by atoms with Crippen molar-refractivity contribution in [3.05, 3.63) is 82.6 Å². The number of benzene rings is 2. The lowest BCUT2D eigenvalue weighted by molar-refractivity contribution is 0.415. The van der Waals surface area contributed by atoms with Gasteiger partial charge >= 0.3 is 0 Å². The molecule has 1 aromatic heterocycles. The zero-order valence-electron chi connectivity index (χ0n) is 18.9. The van der Waals surface area contributed by atoms with Crippen LogP contribution in [-0.2, 0) is 0 Å². The molecule has 0 unspecified atom stereocenters. The summed E-state index contributed by atoms with van der Waals surface area (Å²) in [6.07, 6.45) is 0. The molecule has 0 saturated carbocycles. The summed E-state index contributed by atoms with van der Waals surface area (Å²) in [5.74, 6) is 3.22. The highest BCUT2D eigenvalue weighted by atomic mass is 16.5. The van der Waals surface area contributed by atoms with Crippen molar-refractivity contribution in [2.24, 2.45) is 4.99 Å². The molecule has 0 spiro atoms. The van der Waals surface area contributed by atoms with Gasteiger partial charge in [0.25, 0.3) is 0 Å². The molecule has 4 heteroatoms. The Labute approximate surface area is 182 Å². The Hall–Kier alpha value is -3.53. The topological polar surface area (TPSA) is 44.0 Å². The first-order valence-corrected chi connectivity index (χ1v) is 10.3. The molecule has 1 heterocycles. The van der Waals surface area contributed by atoms with E-state index in [0.29, 0.717) is 0 Å². The van der Waals surface area contributed by atoms with Gasteiger partial charge < -0.3 is 13.9 Å². The van der Waals surface area contributed by atoms with Crippen LogP contribution >= 0.6 is 0 Å². The Morgan fingerprint density at radius 1 is 0.677 bits per heavy atom. The Kier molecular flexibility index (Phi) is 5.55. The largest absolute Gasteiger partial charge is 0.497 e. The molecule has 31 heavy (non-hydrogen) atoms. The molecule has 4 nitrogen and oxygen atoms in total. The number of fused-ring (bicyclic) bond motifs is 1. The number of rotatable bonds is 4. The van der Waals surface area contributed by atoms with E-state index in [1.807, 2.05) is 44.2 Å². The van der Waals surface area contributed by atoms with E-state index in [-0.39, 0.29) is 0 Å². The van der Waals surface area contributed by atoms with Gasteiger partial charge in [-0.05, 0) is 86.3 Å². The molecule has 4 rings (SSSR count). The average molecular weight is 414 g/mol. The predicted octanol–water partition coefficient (Wildman–Crippen LogP) is 6.58. The van der Waals surface area contributed by atoms with Gasteiger partial charge in [-0.15, -0.1) is 0 Å². The number of nitrogens with zero attached hydrogens (tertiary/aromatic N) is 1. The van der Waals surface area contributed by atoms with E-state index in [4.69, 9.17) is 18.9 Å². The van der Waals surface area contributed by atoms with Crippen LogP contribution in [0.2, 0.25) is 0 Å². The van der Waals surface area contributed by atoms with Gasteiger partial charge in [-0.2, -0.15) is 0 Å². The first-order chi connectivity index (χ1) is 14.9. The number of furan rings is 1. The summed E-state index contributed by atoms with van der Waals surface area (Å²) < 4.78 is 17.1. The Balaban J connectivity index is 2.10. The third-order valence-corrected chi connectivity index (χ3v) is 5.44. The standard InChI is InChI=1S/C27H27NO3/c1-16-11-17(2)13-22(12-16)28-24-14-21(20-7-9-23(29-5)10-8-20)15-25(30-6)27-19(4)31-18(3)26(24)27/h7-15H,1-6H3. The maximum Gasteiger partial charge on any atom is 0.130 e. The maximum absolute atomic E-state index is 5.99. The van der Waals surface area contributed by atoms with Crippen molar-refractivity contribution >= 4 is 16.5 Å². The van der Waals surface area contributed by atoms with E-state index in [2.05, 4.69) is 38.1 Å². The lowest BCUT2D eigenvalue weighted by Crippen LogP contribution is -2.00. The molecule has 0 saturated heterocycles. The van der Waals surface area contributed by atoms with Crippen molar-refractivity contribution in [3.8, 4) is 22.6 Å². The lowest BCUT2D eigenvalue weighted by atomic mass is 10.1. The molecule has 0 N–H and O–H groups in total. The van der Waals surface area contributed by atoms with Crippen molar-refractivity contribution < 1.29 is 13.9 Å². The van der Waals surface area contributed by atoms with Crippen LogP contribution in [-0.4, -0.2) is 14.2 Å². The third kappa shape index (κ3) is 4.06. The average Bonchev–Trinajstić information content (AvgIpc) is 2.92. The molecule has 158 valence electrons. The second kappa shape index (κ2) is 8.31. The van der Waals surface area contributed by atoms with Crippen LogP contribution in [0, 0.1) is 27.7 Å². The van der Waals surface area contributed by atoms with Crippen LogP contribution in [0.25, 0.3) is 21.9 Å². The smallest absolute Gasteiger partial charge is 0.130 e. The minimum atomic E-state index is 0.761. The highest BCUT2D eigenvalue weighted by molar-refractivity contribution is 5.93. The second-order valence-electron chi connectivity index (χ2n) is 7.85.